The molecule has 0 saturated carbocycles. The van der Waals surface area contributed by atoms with Crippen molar-refractivity contribution >= 4 is 23.3 Å². The lowest BCUT2D eigenvalue weighted by Gasteiger charge is -2.24. The fourth-order valence-corrected chi connectivity index (χ4v) is 4.00. The largest absolute Gasteiger partial charge is 0.493 e. The van der Waals surface area contributed by atoms with E-state index in [0.29, 0.717) is 29.5 Å². The van der Waals surface area contributed by atoms with Crippen LogP contribution in [-0.2, 0) is 17.9 Å². The van der Waals surface area contributed by atoms with E-state index >= 15 is 0 Å². The van der Waals surface area contributed by atoms with Crippen molar-refractivity contribution < 1.29 is 28.2 Å². The van der Waals surface area contributed by atoms with Crippen molar-refractivity contribution in [1.82, 2.24) is 10.2 Å². The summed E-state index contributed by atoms with van der Waals surface area (Å²) in [5.41, 5.74) is 1.06. The number of ether oxygens (including phenoxy) is 3. The van der Waals surface area contributed by atoms with Crippen molar-refractivity contribution in [3.05, 3.63) is 81.8 Å². The van der Waals surface area contributed by atoms with E-state index in [1.54, 1.807) is 57.0 Å². The van der Waals surface area contributed by atoms with Crippen LogP contribution in [0.25, 0.3) is 0 Å². The number of hydrogen-bond donors (Lipinski definition) is 1. The van der Waals surface area contributed by atoms with E-state index in [-0.39, 0.29) is 24.9 Å². The maximum absolute atomic E-state index is 13.1. The third kappa shape index (κ3) is 8.27. The molecule has 0 fully saturated rings. The predicted molar refractivity (Wildman–Crippen MR) is 137 cm³/mol. The zero-order chi connectivity index (χ0) is 26.1. The van der Waals surface area contributed by atoms with Gasteiger partial charge in [0, 0.05) is 19.6 Å². The molecule has 1 aromatic heterocycles. The molecule has 0 spiro atoms. The molecule has 0 radical (unpaired) electrons. The second kappa shape index (κ2) is 12.4. The van der Waals surface area contributed by atoms with Crippen LogP contribution in [0.2, 0.25) is 0 Å². The molecule has 0 atom stereocenters. The van der Waals surface area contributed by atoms with Crippen LogP contribution < -0.4 is 14.8 Å². The maximum Gasteiger partial charge on any atom is 0.407 e. The van der Waals surface area contributed by atoms with Crippen molar-refractivity contribution in [3.8, 4) is 11.5 Å². The number of nitrogens with one attached hydrogen (secondary N) is 1. The molecule has 0 aliphatic carbocycles. The van der Waals surface area contributed by atoms with E-state index in [0.717, 1.165) is 11.1 Å². The Morgan fingerprint density at radius 2 is 1.75 bits per heavy atom. The zero-order valence-electron chi connectivity index (χ0n) is 20.9. The summed E-state index contributed by atoms with van der Waals surface area (Å²) in [6.45, 7) is 6.47. The summed E-state index contributed by atoms with van der Waals surface area (Å²) < 4.78 is 29.8. The molecule has 0 aliphatic heterocycles. The summed E-state index contributed by atoms with van der Waals surface area (Å²) >= 11 is 1.36. The summed E-state index contributed by atoms with van der Waals surface area (Å²) in [5.74, 6) is 0.619. The Hall–Kier alpha value is -3.59. The topological polar surface area (TPSA) is 77.1 Å². The Morgan fingerprint density at radius 3 is 2.39 bits per heavy atom. The van der Waals surface area contributed by atoms with Gasteiger partial charge >= 0.3 is 6.09 Å². The average molecular weight is 515 g/mol. The number of amides is 2. The summed E-state index contributed by atoms with van der Waals surface area (Å²) in [6.07, 6.45) is -0.532. The van der Waals surface area contributed by atoms with Gasteiger partial charge in [-0.2, -0.15) is 0 Å². The van der Waals surface area contributed by atoms with Crippen LogP contribution in [0.5, 0.6) is 11.5 Å². The fraction of sp³-hybridized carbons (Fsp3) is 0.333. The van der Waals surface area contributed by atoms with E-state index in [1.807, 2.05) is 23.6 Å². The first kappa shape index (κ1) is 27.0. The van der Waals surface area contributed by atoms with E-state index in [4.69, 9.17) is 14.2 Å². The summed E-state index contributed by atoms with van der Waals surface area (Å²) in [7, 11) is 1.54. The zero-order valence-corrected chi connectivity index (χ0v) is 21.7. The molecule has 0 bridgehead atoms. The van der Waals surface area contributed by atoms with Gasteiger partial charge < -0.3 is 24.4 Å². The SMILES string of the molecule is COc1cc(CN(CCNC(=O)OC(C)(C)C)C(=O)c2cccs2)ccc1OCc1ccc(F)cc1. The lowest BCUT2D eigenvalue weighted by Crippen LogP contribution is -2.39. The molecule has 0 unspecified atom stereocenters. The second-order valence-electron chi connectivity index (χ2n) is 9.03. The van der Waals surface area contributed by atoms with Gasteiger partial charge in [0.15, 0.2) is 11.5 Å². The van der Waals surface area contributed by atoms with Crippen molar-refractivity contribution in [3.63, 3.8) is 0 Å². The van der Waals surface area contributed by atoms with Gasteiger partial charge in [-0.15, -0.1) is 11.3 Å². The molecule has 1 heterocycles. The molecular weight excluding hydrogens is 483 g/mol. The lowest BCUT2D eigenvalue weighted by atomic mass is 10.1. The molecule has 36 heavy (non-hydrogen) atoms. The van der Waals surface area contributed by atoms with E-state index < -0.39 is 11.7 Å². The third-order valence-corrected chi connectivity index (χ3v) is 5.84. The van der Waals surface area contributed by atoms with Gasteiger partial charge in [-0.3, -0.25) is 4.79 Å². The summed E-state index contributed by atoms with van der Waals surface area (Å²) in [6, 6.07) is 15.1. The number of carbonyl (C=O) groups excluding carboxylic acids is 2. The minimum atomic E-state index is -0.604. The predicted octanol–water partition coefficient (Wildman–Crippen LogP) is 5.64. The average Bonchev–Trinajstić information content (AvgIpc) is 3.37. The minimum Gasteiger partial charge on any atom is -0.493 e. The van der Waals surface area contributed by atoms with Crippen LogP contribution in [-0.4, -0.2) is 42.7 Å². The molecule has 3 aromatic rings. The van der Waals surface area contributed by atoms with Crippen LogP contribution in [0, 0.1) is 5.82 Å². The van der Waals surface area contributed by atoms with Crippen LogP contribution >= 0.6 is 11.3 Å². The van der Waals surface area contributed by atoms with Gasteiger partial charge in [0.1, 0.15) is 18.0 Å². The standard InChI is InChI=1S/C27H31FN2O5S/c1-27(2,3)35-26(32)29-13-14-30(25(31)24-6-5-15-36-24)17-20-9-12-22(23(16-20)33-4)34-18-19-7-10-21(28)11-8-19/h5-12,15-16H,13-14,17-18H2,1-4H3,(H,29,32). The van der Waals surface area contributed by atoms with E-state index in [1.165, 1.54) is 23.5 Å². The third-order valence-electron chi connectivity index (χ3n) is 4.98. The van der Waals surface area contributed by atoms with Crippen LogP contribution in [0.4, 0.5) is 9.18 Å². The van der Waals surface area contributed by atoms with Crippen LogP contribution in [0.3, 0.4) is 0 Å². The number of methoxy groups -OCH3 is 1. The number of nitrogens with zero attached hydrogens (tertiary/aromatic N) is 1. The molecule has 0 aliphatic rings. The molecule has 7 nitrogen and oxygen atoms in total. The first-order valence-corrected chi connectivity index (χ1v) is 12.4. The van der Waals surface area contributed by atoms with Gasteiger partial charge in [-0.1, -0.05) is 24.3 Å². The van der Waals surface area contributed by atoms with Gasteiger partial charge in [0.25, 0.3) is 5.91 Å². The highest BCUT2D eigenvalue weighted by Crippen LogP contribution is 2.29. The minimum absolute atomic E-state index is 0.133. The lowest BCUT2D eigenvalue weighted by molar-refractivity contribution is 0.0512. The highest BCUT2D eigenvalue weighted by molar-refractivity contribution is 7.12. The number of benzene rings is 2. The number of thiophene rings is 1. The summed E-state index contributed by atoms with van der Waals surface area (Å²) in [5, 5.41) is 4.55. The van der Waals surface area contributed by atoms with E-state index in [9.17, 15) is 14.0 Å². The smallest absolute Gasteiger partial charge is 0.407 e. The van der Waals surface area contributed by atoms with Crippen LogP contribution in [0.15, 0.2) is 60.0 Å². The molecular formula is C27H31FN2O5S. The fourth-order valence-electron chi connectivity index (χ4n) is 3.31. The maximum atomic E-state index is 13.1. The second-order valence-corrected chi connectivity index (χ2v) is 9.98. The molecule has 1 N–H and O–H groups in total. The Morgan fingerprint density at radius 1 is 1.03 bits per heavy atom. The van der Waals surface area contributed by atoms with Crippen LogP contribution in [0.1, 0.15) is 41.6 Å². The first-order valence-electron chi connectivity index (χ1n) is 11.5. The van der Waals surface area contributed by atoms with Crippen molar-refractivity contribution in [1.29, 1.82) is 0 Å². The Labute approximate surface area is 214 Å². The van der Waals surface area contributed by atoms with Gasteiger partial charge in [-0.25, -0.2) is 9.18 Å². The molecule has 3 rings (SSSR count). The normalized spacial score (nSPS) is 11.0. The first-order chi connectivity index (χ1) is 17.1. The Bertz CT molecular complexity index is 1140. The van der Waals surface area contributed by atoms with Gasteiger partial charge in [-0.05, 0) is 67.6 Å². The molecule has 0 saturated heterocycles. The molecule has 2 aromatic carbocycles. The number of rotatable bonds is 10. The molecule has 192 valence electrons. The number of halogens is 1. The molecule has 9 heteroatoms. The van der Waals surface area contributed by atoms with E-state index in [2.05, 4.69) is 5.32 Å². The van der Waals surface area contributed by atoms with Crippen molar-refractivity contribution in [2.45, 2.75) is 39.5 Å². The van der Waals surface area contributed by atoms with Crippen molar-refractivity contribution in [2.24, 2.45) is 0 Å². The Kier molecular flexibility index (Phi) is 9.30. The quantitative estimate of drug-likeness (QED) is 0.379. The monoisotopic (exact) mass is 514 g/mol. The van der Waals surface area contributed by atoms with Gasteiger partial charge in [0.05, 0.1) is 12.0 Å². The number of alkyl carbamates (subject to hydrolysis) is 1. The number of carbonyl (C=O) groups is 2. The summed E-state index contributed by atoms with van der Waals surface area (Å²) in [4.78, 5) is 27.4. The Balaban J connectivity index is 1.68. The highest BCUT2D eigenvalue weighted by atomic mass is 32.1. The molecule has 2 amide bonds. The van der Waals surface area contributed by atoms with Crippen molar-refractivity contribution in [2.75, 3.05) is 20.2 Å². The van der Waals surface area contributed by atoms with Gasteiger partial charge in [0.2, 0.25) is 0 Å². The number of hydrogen-bond acceptors (Lipinski definition) is 6. The highest BCUT2D eigenvalue weighted by Gasteiger charge is 2.20.